The molecule has 4 rings (SSSR count). The number of ether oxygens (including phenoxy) is 1. The quantitative estimate of drug-likeness (QED) is 0.541. The van der Waals surface area contributed by atoms with Gasteiger partial charge in [-0.15, -0.1) is 0 Å². The number of halogens is 1. The van der Waals surface area contributed by atoms with E-state index in [4.69, 9.17) is 4.74 Å². The first-order valence-corrected chi connectivity index (χ1v) is 10.6. The van der Waals surface area contributed by atoms with Gasteiger partial charge in [-0.2, -0.15) is 0 Å². The van der Waals surface area contributed by atoms with Crippen LogP contribution in [-0.2, 0) is 13.1 Å². The Balaban J connectivity index is 1.37. The molecule has 1 fully saturated rings. The highest BCUT2D eigenvalue weighted by Gasteiger charge is 2.31. The Morgan fingerprint density at radius 2 is 1.87 bits per heavy atom. The van der Waals surface area contributed by atoms with Crippen molar-refractivity contribution in [2.45, 2.75) is 45.0 Å². The minimum atomic E-state index is -0.569. The summed E-state index contributed by atoms with van der Waals surface area (Å²) < 4.78 is 22.0. The number of hydrogen-bond acceptors (Lipinski definition) is 3. The van der Waals surface area contributed by atoms with Gasteiger partial charge in [-0.3, -0.25) is 4.90 Å². The van der Waals surface area contributed by atoms with E-state index in [1.807, 2.05) is 55.6 Å². The van der Waals surface area contributed by atoms with Crippen molar-refractivity contribution in [3.05, 3.63) is 89.5 Å². The molecule has 1 N–H and O–H groups in total. The van der Waals surface area contributed by atoms with Crippen LogP contribution in [-0.4, -0.2) is 39.9 Å². The summed E-state index contributed by atoms with van der Waals surface area (Å²) in [6.07, 6.45) is 3.73. The van der Waals surface area contributed by atoms with Gasteiger partial charge in [0.2, 0.25) is 0 Å². The number of benzene rings is 2. The number of para-hydroxylation sites is 1. The second-order valence-corrected chi connectivity index (χ2v) is 8.11. The predicted octanol–water partition coefficient (Wildman–Crippen LogP) is 4.39. The fraction of sp³-hybridized carbons (Fsp3) is 0.360. The van der Waals surface area contributed by atoms with Crippen LogP contribution in [0.25, 0.3) is 0 Å². The lowest BCUT2D eigenvalue weighted by Gasteiger charge is -2.26. The van der Waals surface area contributed by atoms with Gasteiger partial charge in [0.05, 0.1) is 6.54 Å². The smallest absolute Gasteiger partial charge is 0.128 e. The lowest BCUT2D eigenvalue weighted by Crippen LogP contribution is -2.37. The van der Waals surface area contributed by atoms with E-state index >= 15 is 0 Å². The van der Waals surface area contributed by atoms with Crippen LogP contribution < -0.4 is 4.74 Å². The third-order valence-electron chi connectivity index (χ3n) is 5.62. The Labute approximate surface area is 177 Å². The number of hydrogen-bond donors (Lipinski definition) is 1. The Bertz CT molecular complexity index is 967. The van der Waals surface area contributed by atoms with E-state index in [0.717, 1.165) is 36.4 Å². The molecular weight excluding hydrogens is 379 g/mol. The summed E-state index contributed by atoms with van der Waals surface area (Å²) in [6, 6.07) is 19.3. The molecule has 0 unspecified atom stereocenters. The van der Waals surface area contributed by atoms with Crippen molar-refractivity contribution in [1.82, 2.24) is 9.47 Å². The van der Waals surface area contributed by atoms with E-state index in [9.17, 15) is 9.50 Å². The number of aryl methyl sites for hydroxylation is 1. The third-order valence-corrected chi connectivity index (χ3v) is 5.62. The van der Waals surface area contributed by atoms with Crippen molar-refractivity contribution in [2.75, 3.05) is 13.2 Å². The molecule has 5 heteroatoms. The standard InChI is InChI=1S/C25H29FN2O2/c1-19-7-2-5-11-25(19)30-18-23(29)17-28(21-12-13-21)16-22-9-6-14-27(22)15-20-8-3-4-10-24(20)26/h2-11,14,21,23,29H,12-13,15-18H2,1H3/t23-/m1/s1. The van der Waals surface area contributed by atoms with Crippen molar-refractivity contribution in [2.24, 2.45) is 0 Å². The highest BCUT2D eigenvalue weighted by atomic mass is 19.1. The Kier molecular flexibility index (Phi) is 6.50. The molecule has 0 radical (unpaired) electrons. The summed E-state index contributed by atoms with van der Waals surface area (Å²) in [5, 5.41) is 10.6. The molecule has 1 heterocycles. The summed E-state index contributed by atoms with van der Waals surface area (Å²) in [6.45, 7) is 4.06. The van der Waals surface area contributed by atoms with Crippen LogP contribution in [0.1, 0.15) is 29.7 Å². The zero-order valence-electron chi connectivity index (χ0n) is 17.4. The fourth-order valence-electron chi connectivity index (χ4n) is 3.78. The summed E-state index contributed by atoms with van der Waals surface area (Å²) in [7, 11) is 0. The van der Waals surface area contributed by atoms with Gasteiger partial charge in [0.1, 0.15) is 24.3 Å². The Hall–Kier alpha value is -2.63. The first-order chi connectivity index (χ1) is 14.6. The fourth-order valence-corrected chi connectivity index (χ4v) is 3.78. The SMILES string of the molecule is Cc1ccccc1OC[C@H](O)CN(Cc1cccn1Cc1ccccc1F)C1CC1. The molecule has 30 heavy (non-hydrogen) atoms. The highest BCUT2D eigenvalue weighted by Crippen LogP contribution is 2.29. The molecule has 0 spiro atoms. The molecule has 0 aliphatic heterocycles. The van der Waals surface area contributed by atoms with E-state index in [-0.39, 0.29) is 12.4 Å². The van der Waals surface area contributed by atoms with Crippen molar-refractivity contribution in [3.63, 3.8) is 0 Å². The number of rotatable bonds is 10. The molecule has 0 saturated heterocycles. The lowest BCUT2D eigenvalue weighted by atomic mass is 10.2. The van der Waals surface area contributed by atoms with Crippen LogP contribution in [0.3, 0.4) is 0 Å². The lowest BCUT2D eigenvalue weighted by molar-refractivity contribution is 0.0616. The number of aromatic nitrogens is 1. The van der Waals surface area contributed by atoms with Gasteiger partial charge < -0.3 is 14.4 Å². The summed E-state index contributed by atoms with van der Waals surface area (Å²) >= 11 is 0. The van der Waals surface area contributed by atoms with Gasteiger partial charge in [0, 0.05) is 36.6 Å². The summed E-state index contributed by atoms with van der Waals surface area (Å²) in [5.74, 6) is 0.633. The van der Waals surface area contributed by atoms with Gasteiger partial charge in [-0.1, -0.05) is 36.4 Å². The minimum absolute atomic E-state index is 0.181. The maximum atomic E-state index is 14.1. The predicted molar refractivity (Wildman–Crippen MR) is 116 cm³/mol. The first kappa shape index (κ1) is 20.6. The zero-order chi connectivity index (χ0) is 20.9. The van der Waals surface area contributed by atoms with Gasteiger partial charge in [0.25, 0.3) is 0 Å². The maximum absolute atomic E-state index is 14.1. The average Bonchev–Trinajstić information content (AvgIpc) is 3.50. The van der Waals surface area contributed by atoms with E-state index in [1.54, 1.807) is 6.07 Å². The largest absolute Gasteiger partial charge is 0.491 e. The Morgan fingerprint density at radius 1 is 1.10 bits per heavy atom. The Morgan fingerprint density at radius 3 is 2.63 bits per heavy atom. The number of aliphatic hydroxyl groups is 1. The van der Waals surface area contributed by atoms with Crippen molar-refractivity contribution in [3.8, 4) is 5.75 Å². The molecular formula is C25H29FN2O2. The second kappa shape index (κ2) is 9.45. The summed E-state index contributed by atoms with van der Waals surface area (Å²) in [4.78, 5) is 2.32. The molecule has 0 bridgehead atoms. The van der Waals surface area contributed by atoms with Crippen molar-refractivity contribution in [1.29, 1.82) is 0 Å². The topological polar surface area (TPSA) is 37.6 Å². The van der Waals surface area contributed by atoms with Gasteiger partial charge in [-0.05, 0) is 49.6 Å². The van der Waals surface area contributed by atoms with Crippen LogP contribution in [0.15, 0.2) is 66.9 Å². The van der Waals surface area contributed by atoms with Crippen LogP contribution in [0.2, 0.25) is 0 Å². The van der Waals surface area contributed by atoms with Crippen LogP contribution >= 0.6 is 0 Å². The van der Waals surface area contributed by atoms with Gasteiger partial charge in [-0.25, -0.2) is 4.39 Å². The van der Waals surface area contributed by atoms with E-state index in [0.29, 0.717) is 24.7 Å². The number of aliphatic hydroxyl groups excluding tert-OH is 1. The molecule has 0 amide bonds. The number of nitrogens with zero attached hydrogens (tertiary/aromatic N) is 2. The van der Waals surface area contributed by atoms with Gasteiger partial charge in [0.15, 0.2) is 0 Å². The van der Waals surface area contributed by atoms with E-state index in [1.165, 1.54) is 6.07 Å². The molecule has 3 aromatic rings. The van der Waals surface area contributed by atoms with E-state index in [2.05, 4.69) is 15.5 Å². The molecule has 158 valence electrons. The highest BCUT2D eigenvalue weighted by molar-refractivity contribution is 5.31. The summed E-state index contributed by atoms with van der Waals surface area (Å²) in [5.41, 5.74) is 2.87. The molecule has 1 saturated carbocycles. The minimum Gasteiger partial charge on any atom is -0.491 e. The normalized spacial score (nSPS) is 14.8. The molecule has 4 nitrogen and oxygen atoms in total. The van der Waals surface area contributed by atoms with Gasteiger partial charge >= 0.3 is 0 Å². The van der Waals surface area contributed by atoms with Crippen molar-refractivity contribution >= 4 is 0 Å². The van der Waals surface area contributed by atoms with E-state index < -0.39 is 6.10 Å². The van der Waals surface area contributed by atoms with Crippen molar-refractivity contribution < 1.29 is 14.2 Å². The molecule has 1 aromatic heterocycles. The average molecular weight is 409 g/mol. The zero-order valence-corrected chi connectivity index (χ0v) is 17.4. The van der Waals surface area contributed by atoms with Crippen LogP contribution in [0.4, 0.5) is 4.39 Å². The van der Waals surface area contributed by atoms with Crippen LogP contribution in [0.5, 0.6) is 5.75 Å². The van der Waals surface area contributed by atoms with Crippen LogP contribution in [0, 0.1) is 12.7 Å². The maximum Gasteiger partial charge on any atom is 0.128 e. The molecule has 1 aliphatic rings. The molecule has 1 aliphatic carbocycles. The first-order valence-electron chi connectivity index (χ1n) is 10.6. The molecule has 1 atom stereocenters. The monoisotopic (exact) mass is 408 g/mol. The third kappa shape index (κ3) is 5.29. The molecule has 2 aromatic carbocycles. The second-order valence-electron chi connectivity index (χ2n) is 8.11.